The van der Waals surface area contributed by atoms with E-state index in [-0.39, 0.29) is 36.8 Å². The molecule has 3 N–H and O–H groups in total. The third kappa shape index (κ3) is 5.18. The number of halogens is 2. The Kier molecular flexibility index (Phi) is 8.36. The van der Waals surface area contributed by atoms with E-state index in [4.69, 9.17) is 5.73 Å². The molecule has 1 heterocycles. The van der Waals surface area contributed by atoms with Crippen molar-refractivity contribution >= 4 is 30.7 Å². The van der Waals surface area contributed by atoms with Gasteiger partial charge in [-0.25, -0.2) is 0 Å². The van der Waals surface area contributed by atoms with Gasteiger partial charge in [0.25, 0.3) is 5.91 Å². The number of hydrogen-bond donors (Lipinski definition) is 2. The van der Waals surface area contributed by atoms with Gasteiger partial charge >= 0.3 is 0 Å². The Labute approximate surface area is 161 Å². The van der Waals surface area contributed by atoms with E-state index in [2.05, 4.69) is 41.5 Å². The molecule has 1 aliphatic carbocycles. The monoisotopic (exact) mass is 381 g/mol. The number of rotatable bonds is 4. The topological polar surface area (TPSA) is 68.0 Å². The first-order chi connectivity index (χ1) is 11.2. The Hall–Kier alpha value is -1.62. The molecule has 0 aliphatic heterocycles. The van der Waals surface area contributed by atoms with E-state index >= 15 is 0 Å². The van der Waals surface area contributed by atoms with Crippen LogP contribution in [0.1, 0.15) is 35.2 Å². The normalized spacial score (nSPS) is 18.8. The smallest absolute Gasteiger partial charge is 0.253 e. The third-order valence-electron chi connectivity index (χ3n) is 4.66. The second kappa shape index (κ2) is 9.76. The number of aromatic nitrogens is 1. The second-order valence-electron chi connectivity index (χ2n) is 6.33. The lowest BCUT2D eigenvalue weighted by Gasteiger charge is -2.19. The SMILES string of the molecule is Cc1ccc(-c2cncc(C(=O)NC3CCCC3CN)c2)cc1.Cl.Cl. The van der Waals surface area contributed by atoms with Gasteiger partial charge in [0.05, 0.1) is 5.56 Å². The molecule has 6 heteroatoms. The van der Waals surface area contributed by atoms with Crippen LogP contribution in [0.15, 0.2) is 42.7 Å². The zero-order valence-electron chi connectivity index (χ0n) is 14.3. The maximum atomic E-state index is 12.5. The van der Waals surface area contributed by atoms with Crippen molar-refractivity contribution in [3.05, 3.63) is 53.9 Å². The molecule has 136 valence electrons. The van der Waals surface area contributed by atoms with Gasteiger partial charge in [0.15, 0.2) is 0 Å². The molecule has 1 aromatic heterocycles. The van der Waals surface area contributed by atoms with Gasteiger partial charge in [-0.3, -0.25) is 9.78 Å². The second-order valence-corrected chi connectivity index (χ2v) is 6.33. The number of pyridine rings is 1. The fraction of sp³-hybridized carbons (Fsp3) is 0.368. The van der Waals surface area contributed by atoms with Crippen LogP contribution in [0.4, 0.5) is 0 Å². The van der Waals surface area contributed by atoms with Crippen molar-refractivity contribution in [1.29, 1.82) is 0 Å². The highest BCUT2D eigenvalue weighted by Gasteiger charge is 2.27. The summed E-state index contributed by atoms with van der Waals surface area (Å²) < 4.78 is 0. The minimum atomic E-state index is -0.0585. The molecule has 1 fully saturated rings. The summed E-state index contributed by atoms with van der Waals surface area (Å²) in [6, 6.07) is 10.3. The summed E-state index contributed by atoms with van der Waals surface area (Å²) in [5.74, 6) is 0.337. The maximum Gasteiger partial charge on any atom is 0.253 e. The first kappa shape index (κ1) is 21.4. The Bertz CT molecular complexity index is 691. The molecule has 0 saturated heterocycles. The summed E-state index contributed by atoms with van der Waals surface area (Å²) in [5, 5.41) is 3.13. The Morgan fingerprint density at radius 1 is 1.16 bits per heavy atom. The highest BCUT2D eigenvalue weighted by atomic mass is 35.5. The van der Waals surface area contributed by atoms with Crippen LogP contribution in [0, 0.1) is 12.8 Å². The number of nitrogens with one attached hydrogen (secondary N) is 1. The number of benzene rings is 1. The molecule has 2 aromatic rings. The van der Waals surface area contributed by atoms with E-state index in [9.17, 15) is 4.79 Å². The predicted octanol–water partition coefficient (Wildman–Crippen LogP) is 3.76. The number of hydrogen-bond acceptors (Lipinski definition) is 3. The quantitative estimate of drug-likeness (QED) is 0.846. The van der Waals surface area contributed by atoms with Crippen molar-refractivity contribution in [3.63, 3.8) is 0 Å². The van der Waals surface area contributed by atoms with Gasteiger partial charge in [0.1, 0.15) is 0 Å². The van der Waals surface area contributed by atoms with Crippen LogP contribution >= 0.6 is 24.8 Å². The van der Waals surface area contributed by atoms with Crippen LogP contribution in [0.3, 0.4) is 0 Å². The van der Waals surface area contributed by atoms with Crippen molar-refractivity contribution in [2.24, 2.45) is 11.7 Å². The molecule has 1 aliphatic rings. The van der Waals surface area contributed by atoms with Gasteiger partial charge in [0, 0.05) is 24.0 Å². The summed E-state index contributed by atoms with van der Waals surface area (Å²) in [4.78, 5) is 16.7. The first-order valence-corrected chi connectivity index (χ1v) is 8.20. The summed E-state index contributed by atoms with van der Waals surface area (Å²) in [5.41, 5.74) is 9.63. The molecular weight excluding hydrogens is 357 g/mol. The molecule has 2 unspecified atom stereocenters. The molecule has 1 aromatic carbocycles. The highest BCUT2D eigenvalue weighted by Crippen LogP contribution is 2.25. The Morgan fingerprint density at radius 3 is 2.56 bits per heavy atom. The van der Waals surface area contributed by atoms with E-state index in [0.717, 1.165) is 30.4 Å². The van der Waals surface area contributed by atoms with Crippen LogP contribution in [0.2, 0.25) is 0 Å². The summed E-state index contributed by atoms with van der Waals surface area (Å²) >= 11 is 0. The van der Waals surface area contributed by atoms with Gasteiger partial charge in [-0.2, -0.15) is 0 Å². The minimum absolute atomic E-state index is 0. The van der Waals surface area contributed by atoms with Crippen molar-refractivity contribution in [2.75, 3.05) is 6.54 Å². The highest BCUT2D eigenvalue weighted by molar-refractivity contribution is 5.95. The molecule has 4 nitrogen and oxygen atoms in total. The Balaban J connectivity index is 0.00000156. The van der Waals surface area contributed by atoms with Gasteiger partial charge in [0.2, 0.25) is 0 Å². The number of carbonyl (C=O) groups is 1. The summed E-state index contributed by atoms with van der Waals surface area (Å²) in [6.07, 6.45) is 6.66. The molecule has 0 spiro atoms. The van der Waals surface area contributed by atoms with Crippen LogP contribution < -0.4 is 11.1 Å². The van der Waals surface area contributed by atoms with Crippen molar-refractivity contribution in [1.82, 2.24) is 10.3 Å². The Morgan fingerprint density at radius 2 is 1.88 bits per heavy atom. The molecule has 2 atom stereocenters. The number of nitrogens with two attached hydrogens (primary N) is 1. The van der Waals surface area contributed by atoms with Crippen molar-refractivity contribution in [2.45, 2.75) is 32.2 Å². The van der Waals surface area contributed by atoms with Crippen LogP contribution in [-0.2, 0) is 0 Å². The predicted molar refractivity (Wildman–Crippen MR) is 107 cm³/mol. The largest absolute Gasteiger partial charge is 0.349 e. The lowest BCUT2D eigenvalue weighted by Crippen LogP contribution is -2.39. The number of aryl methyl sites for hydroxylation is 1. The molecular formula is C19H25Cl2N3O. The van der Waals surface area contributed by atoms with E-state index in [0.29, 0.717) is 18.0 Å². The van der Waals surface area contributed by atoms with E-state index in [1.807, 2.05) is 6.07 Å². The standard InChI is InChI=1S/C19H23N3O.2ClH/c1-13-5-7-14(8-6-13)16-9-17(12-21-11-16)19(23)22-18-4-2-3-15(18)10-20;;/h5-9,11-12,15,18H,2-4,10,20H2,1H3,(H,22,23);2*1H. The third-order valence-corrected chi connectivity index (χ3v) is 4.66. The average Bonchev–Trinajstić information content (AvgIpc) is 3.03. The fourth-order valence-electron chi connectivity index (χ4n) is 3.23. The lowest BCUT2D eigenvalue weighted by atomic mass is 10.0. The zero-order chi connectivity index (χ0) is 16.2. The molecule has 3 rings (SSSR count). The van der Waals surface area contributed by atoms with E-state index in [1.54, 1.807) is 12.4 Å². The van der Waals surface area contributed by atoms with Gasteiger partial charge in [-0.05, 0) is 43.9 Å². The summed E-state index contributed by atoms with van der Waals surface area (Å²) in [7, 11) is 0. The molecule has 0 bridgehead atoms. The van der Waals surface area contributed by atoms with E-state index in [1.165, 1.54) is 5.56 Å². The molecule has 1 saturated carbocycles. The number of carbonyl (C=O) groups excluding carboxylic acids is 1. The van der Waals surface area contributed by atoms with E-state index < -0.39 is 0 Å². The van der Waals surface area contributed by atoms with Crippen LogP contribution in [0.5, 0.6) is 0 Å². The molecule has 0 radical (unpaired) electrons. The average molecular weight is 382 g/mol. The van der Waals surface area contributed by atoms with Crippen LogP contribution in [0.25, 0.3) is 11.1 Å². The van der Waals surface area contributed by atoms with Crippen LogP contribution in [-0.4, -0.2) is 23.5 Å². The number of amides is 1. The summed E-state index contributed by atoms with van der Waals surface area (Å²) in [6.45, 7) is 2.69. The number of nitrogens with zero attached hydrogens (tertiary/aromatic N) is 1. The van der Waals surface area contributed by atoms with Crippen molar-refractivity contribution in [3.8, 4) is 11.1 Å². The maximum absolute atomic E-state index is 12.5. The molecule has 25 heavy (non-hydrogen) atoms. The van der Waals surface area contributed by atoms with Gasteiger partial charge in [-0.1, -0.05) is 36.2 Å². The first-order valence-electron chi connectivity index (χ1n) is 8.20. The molecule has 1 amide bonds. The van der Waals surface area contributed by atoms with Gasteiger partial charge < -0.3 is 11.1 Å². The zero-order valence-corrected chi connectivity index (χ0v) is 15.9. The van der Waals surface area contributed by atoms with Gasteiger partial charge in [-0.15, -0.1) is 24.8 Å². The fourth-order valence-corrected chi connectivity index (χ4v) is 3.23. The van der Waals surface area contributed by atoms with Crippen molar-refractivity contribution < 1.29 is 4.79 Å². The minimum Gasteiger partial charge on any atom is -0.349 e. The lowest BCUT2D eigenvalue weighted by molar-refractivity contribution is 0.0928.